The number of nitrogens with zero attached hydrogens (tertiary/aromatic N) is 1. The Morgan fingerprint density at radius 3 is 2.92 bits per heavy atom. The molecule has 0 aliphatic rings. The van der Waals surface area contributed by atoms with Crippen LogP contribution in [-0.2, 0) is 11.4 Å². The lowest BCUT2D eigenvalue weighted by atomic mass is 10.1. The van der Waals surface area contributed by atoms with Crippen molar-refractivity contribution in [1.29, 1.82) is 5.26 Å². The summed E-state index contributed by atoms with van der Waals surface area (Å²) in [6.07, 6.45) is 0. The summed E-state index contributed by atoms with van der Waals surface area (Å²) in [6, 6.07) is 7.29. The smallest absolute Gasteiger partial charge is 0.0991 e. The molecule has 0 heterocycles. The normalized spacial score (nSPS) is 9.42. The molecular weight excluding hydrogens is 220 g/mol. The highest BCUT2D eigenvalue weighted by molar-refractivity contribution is 9.10. The summed E-state index contributed by atoms with van der Waals surface area (Å²) < 4.78 is 0.895. The Kier molecular flexibility index (Phi) is 3.23. The quantitative estimate of drug-likeness (QED) is 0.782. The van der Waals surface area contributed by atoms with Crippen molar-refractivity contribution < 1.29 is 4.84 Å². The minimum Gasteiger partial charge on any atom is -0.300 e. The highest BCUT2D eigenvalue weighted by Crippen LogP contribution is 2.18. The number of hydrogen-bond acceptors (Lipinski definition) is 3. The Labute approximate surface area is 78.8 Å². The van der Waals surface area contributed by atoms with Crippen LogP contribution in [0.25, 0.3) is 0 Å². The second-order valence-corrected chi connectivity index (χ2v) is 3.08. The van der Waals surface area contributed by atoms with E-state index in [0.717, 1.165) is 10.0 Å². The fraction of sp³-hybridized carbons (Fsp3) is 0.125. The maximum Gasteiger partial charge on any atom is 0.0991 e. The van der Waals surface area contributed by atoms with E-state index in [2.05, 4.69) is 20.8 Å². The van der Waals surface area contributed by atoms with Crippen LogP contribution in [0.5, 0.6) is 0 Å². The number of halogens is 1. The van der Waals surface area contributed by atoms with Gasteiger partial charge < -0.3 is 0 Å². The van der Waals surface area contributed by atoms with E-state index < -0.39 is 0 Å². The van der Waals surface area contributed by atoms with Crippen LogP contribution in [0.1, 0.15) is 11.1 Å². The first-order chi connectivity index (χ1) is 5.77. The fourth-order valence-corrected chi connectivity index (χ4v) is 1.21. The molecule has 0 fully saturated rings. The maximum atomic E-state index is 8.58. The van der Waals surface area contributed by atoms with Gasteiger partial charge in [0.05, 0.1) is 18.2 Å². The van der Waals surface area contributed by atoms with Crippen LogP contribution in [0.4, 0.5) is 0 Å². The van der Waals surface area contributed by atoms with Gasteiger partial charge in [0.25, 0.3) is 0 Å². The van der Waals surface area contributed by atoms with E-state index in [1.54, 1.807) is 18.2 Å². The molecule has 2 N–H and O–H groups in total. The van der Waals surface area contributed by atoms with E-state index >= 15 is 0 Å². The first kappa shape index (κ1) is 9.20. The van der Waals surface area contributed by atoms with E-state index in [4.69, 9.17) is 11.2 Å². The molecule has 62 valence electrons. The van der Waals surface area contributed by atoms with Gasteiger partial charge in [-0.1, -0.05) is 15.9 Å². The lowest BCUT2D eigenvalue weighted by molar-refractivity contribution is 0.123. The third-order valence-corrected chi connectivity index (χ3v) is 2.19. The predicted molar refractivity (Wildman–Crippen MR) is 47.8 cm³/mol. The van der Waals surface area contributed by atoms with Crippen LogP contribution in [0.3, 0.4) is 0 Å². The molecule has 0 aromatic heterocycles. The van der Waals surface area contributed by atoms with Gasteiger partial charge in [0, 0.05) is 4.47 Å². The van der Waals surface area contributed by atoms with Crippen LogP contribution in [0.15, 0.2) is 22.7 Å². The molecule has 0 atom stereocenters. The summed E-state index contributed by atoms with van der Waals surface area (Å²) in [5.41, 5.74) is 1.47. The average Bonchev–Trinajstić information content (AvgIpc) is 2.09. The standard InChI is InChI=1S/C8H7BrN2O/c9-8-2-1-6(4-10)3-7(8)5-12-11/h1-3H,5,11H2. The molecule has 0 bridgehead atoms. The zero-order valence-corrected chi connectivity index (χ0v) is 7.84. The number of rotatable bonds is 2. The molecule has 0 saturated carbocycles. The SMILES string of the molecule is N#Cc1ccc(Br)c(CON)c1. The summed E-state index contributed by atoms with van der Waals surface area (Å²) in [7, 11) is 0. The summed E-state index contributed by atoms with van der Waals surface area (Å²) in [5, 5.41) is 8.58. The molecule has 0 amide bonds. The van der Waals surface area contributed by atoms with Crippen LogP contribution in [-0.4, -0.2) is 0 Å². The molecule has 3 nitrogen and oxygen atoms in total. The predicted octanol–water partition coefficient (Wildman–Crippen LogP) is 1.71. The number of nitrogens with two attached hydrogens (primary N) is 1. The summed E-state index contributed by atoms with van der Waals surface area (Å²) in [6.45, 7) is 0.302. The van der Waals surface area contributed by atoms with Gasteiger partial charge in [0.15, 0.2) is 0 Å². The van der Waals surface area contributed by atoms with Gasteiger partial charge in [-0.25, -0.2) is 5.90 Å². The minimum atomic E-state index is 0.302. The van der Waals surface area contributed by atoms with Crippen LogP contribution < -0.4 is 5.90 Å². The second kappa shape index (κ2) is 4.21. The van der Waals surface area contributed by atoms with Crippen molar-refractivity contribution in [2.45, 2.75) is 6.61 Å². The first-order valence-corrected chi connectivity index (χ1v) is 4.07. The van der Waals surface area contributed by atoms with Gasteiger partial charge in [-0.15, -0.1) is 0 Å². The van der Waals surface area contributed by atoms with Crippen molar-refractivity contribution in [1.82, 2.24) is 0 Å². The van der Waals surface area contributed by atoms with Gasteiger partial charge in [-0.2, -0.15) is 5.26 Å². The Morgan fingerprint density at radius 1 is 1.58 bits per heavy atom. The Balaban J connectivity index is 3.01. The highest BCUT2D eigenvalue weighted by atomic mass is 79.9. The van der Waals surface area contributed by atoms with Gasteiger partial charge in [0.2, 0.25) is 0 Å². The Morgan fingerprint density at radius 2 is 2.33 bits per heavy atom. The summed E-state index contributed by atoms with van der Waals surface area (Å²) in [4.78, 5) is 4.47. The molecule has 0 saturated heterocycles. The lowest BCUT2D eigenvalue weighted by Gasteiger charge is -2.01. The molecule has 0 aliphatic heterocycles. The third-order valence-electron chi connectivity index (χ3n) is 1.41. The van der Waals surface area contributed by atoms with Gasteiger partial charge in [0.1, 0.15) is 0 Å². The van der Waals surface area contributed by atoms with Crippen molar-refractivity contribution in [3.63, 3.8) is 0 Å². The molecule has 0 unspecified atom stereocenters. The molecule has 1 aromatic carbocycles. The number of nitriles is 1. The van der Waals surface area contributed by atoms with Gasteiger partial charge in [-0.3, -0.25) is 4.84 Å². The minimum absolute atomic E-state index is 0.302. The lowest BCUT2D eigenvalue weighted by Crippen LogP contribution is -1.99. The second-order valence-electron chi connectivity index (χ2n) is 2.23. The monoisotopic (exact) mass is 226 g/mol. The van der Waals surface area contributed by atoms with E-state index in [1.165, 1.54) is 0 Å². The zero-order chi connectivity index (χ0) is 8.97. The van der Waals surface area contributed by atoms with E-state index in [0.29, 0.717) is 12.2 Å². The van der Waals surface area contributed by atoms with E-state index in [1.807, 2.05) is 6.07 Å². The van der Waals surface area contributed by atoms with Crippen molar-refractivity contribution in [3.05, 3.63) is 33.8 Å². The molecule has 12 heavy (non-hydrogen) atoms. The molecule has 0 radical (unpaired) electrons. The van der Waals surface area contributed by atoms with E-state index in [9.17, 15) is 0 Å². The molecule has 1 rings (SSSR count). The van der Waals surface area contributed by atoms with Crippen LogP contribution >= 0.6 is 15.9 Å². The maximum absolute atomic E-state index is 8.58. The first-order valence-electron chi connectivity index (χ1n) is 3.28. The molecule has 1 aromatic rings. The summed E-state index contributed by atoms with van der Waals surface area (Å²) >= 11 is 3.32. The molecular formula is C8H7BrN2O. The fourth-order valence-electron chi connectivity index (χ4n) is 0.845. The number of benzene rings is 1. The average molecular weight is 227 g/mol. The van der Waals surface area contributed by atoms with Crippen LogP contribution in [0, 0.1) is 11.3 Å². The number of hydrogen-bond donors (Lipinski definition) is 1. The Hall–Kier alpha value is -0.890. The molecule has 0 aliphatic carbocycles. The van der Waals surface area contributed by atoms with Crippen LogP contribution in [0.2, 0.25) is 0 Å². The van der Waals surface area contributed by atoms with Gasteiger partial charge >= 0.3 is 0 Å². The van der Waals surface area contributed by atoms with Crippen molar-refractivity contribution in [2.75, 3.05) is 0 Å². The van der Waals surface area contributed by atoms with Crippen molar-refractivity contribution >= 4 is 15.9 Å². The third kappa shape index (κ3) is 2.05. The van der Waals surface area contributed by atoms with Gasteiger partial charge in [-0.05, 0) is 23.8 Å². The molecule has 0 spiro atoms. The van der Waals surface area contributed by atoms with Crippen molar-refractivity contribution in [3.8, 4) is 6.07 Å². The highest BCUT2D eigenvalue weighted by Gasteiger charge is 2.00. The van der Waals surface area contributed by atoms with Crippen molar-refractivity contribution in [2.24, 2.45) is 5.90 Å². The molecule has 4 heteroatoms. The summed E-state index contributed by atoms with van der Waals surface area (Å²) in [5.74, 6) is 4.92. The Bertz CT molecular complexity index is 319. The topological polar surface area (TPSA) is 59.0 Å². The zero-order valence-electron chi connectivity index (χ0n) is 6.25. The largest absolute Gasteiger partial charge is 0.300 e. The van der Waals surface area contributed by atoms with E-state index in [-0.39, 0.29) is 0 Å².